The minimum absolute atomic E-state index is 0.0744. The molecule has 2 atom stereocenters. The molecule has 0 aliphatic carbocycles. The molecular formula is C13H20N2O3S. The van der Waals surface area contributed by atoms with E-state index in [4.69, 9.17) is 0 Å². The molecule has 106 valence electrons. The lowest BCUT2D eigenvalue weighted by Crippen LogP contribution is -2.26. The molecule has 0 radical (unpaired) electrons. The number of aliphatic hydroxyl groups is 1. The topological polar surface area (TPSA) is 72.2 Å². The van der Waals surface area contributed by atoms with E-state index < -0.39 is 9.84 Å². The van der Waals surface area contributed by atoms with Crippen LogP contribution in [0.2, 0.25) is 0 Å². The number of nitrogens with zero attached hydrogens (tertiary/aromatic N) is 2. The lowest BCUT2D eigenvalue weighted by molar-refractivity contribution is 0.204. The minimum Gasteiger partial charge on any atom is -0.394 e. The van der Waals surface area contributed by atoms with E-state index in [9.17, 15) is 13.5 Å². The van der Waals surface area contributed by atoms with Crippen molar-refractivity contribution in [1.82, 2.24) is 9.55 Å². The van der Waals surface area contributed by atoms with Crippen LogP contribution in [0, 0.1) is 0 Å². The number of sulfone groups is 1. The molecule has 0 saturated carbocycles. The van der Waals surface area contributed by atoms with Gasteiger partial charge in [0.2, 0.25) is 0 Å². The van der Waals surface area contributed by atoms with Crippen LogP contribution < -0.4 is 0 Å². The van der Waals surface area contributed by atoms with E-state index in [2.05, 4.69) is 9.55 Å². The van der Waals surface area contributed by atoms with Crippen LogP contribution in [-0.2, 0) is 22.7 Å². The van der Waals surface area contributed by atoms with Crippen molar-refractivity contribution in [3.63, 3.8) is 0 Å². The Balaban J connectivity index is 1.88. The number of aryl methyl sites for hydroxylation is 1. The number of aromatic nitrogens is 2. The van der Waals surface area contributed by atoms with Crippen molar-refractivity contribution in [3.05, 3.63) is 17.7 Å². The number of hydrogen-bond donors (Lipinski definition) is 1. The third kappa shape index (κ3) is 2.31. The molecule has 3 heterocycles. The Labute approximate surface area is 113 Å². The summed E-state index contributed by atoms with van der Waals surface area (Å²) in [5.41, 5.74) is 1.13. The number of imidazole rings is 1. The van der Waals surface area contributed by atoms with Crippen LogP contribution in [0.5, 0.6) is 0 Å². The highest BCUT2D eigenvalue weighted by molar-refractivity contribution is 7.92. The molecule has 19 heavy (non-hydrogen) atoms. The average molecular weight is 284 g/mol. The Bertz CT molecular complexity index is 564. The first-order valence-electron chi connectivity index (χ1n) is 6.99. The highest BCUT2D eigenvalue weighted by Crippen LogP contribution is 2.29. The molecule has 0 aromatic carbocycles. The van der Waals surface area contributed by atoms with Crippen molar-refractivity contribution in [2.75, 3.05) is 12.4 Å². The molecule has 1 aromatic rings. The summed E-state index contributed by atoms with van der Waals surface area (Å²) in [4.78, 5) is 4.41. The monoisotopic (exact) mass is 284 g/mol. The molecule has 1 aromatic heterocycles. The molecule has 0 spiro atoms. The zero-order valence-corrected chi connectivity index (χ0v) is 11.8. The summed E-state index contributed by atoms with van der Waals surface area (Å²) in [6.45, 7) is 0.105. The predicted molar refractivity (Wildman–Crippen MR) is 71.8 cm³/mol. The van der Waals surface area contributed by atoms with E-state index in [-0.39, 0.29) is 17.9 Å². The average Bonchev–Trinajstić information content (AvgIpc) is 2.94. The second kappa shape index (κ2) is 4.90. The Morgan fingerprint density at radius 3 is 2.89 bits per heavy atom. The van der Waals surface area contributed by atoms with E-state index >= 15 is 0 Å². The van der Waals surface area contributed by atoms with Crippen LogP contribution >= 0.6 is 0 Å². The van der Waals surface area contributed by atoms with Gasteiger partial charge in [0.1, 0.15) is 5.82 Å². The van der Waals surface area contributed by atoms with Gasteiger partial charge in [0.25, 0.3) is 0 Å². The van der Waals surface area contributed by atoms with Gasteiger partial charge in [-0.05, 0) is 32.1 Å². The summed E-state index contributed by atoms with van der Waals surface area (Å²) in [5, 5.41) is 9.20. The van der Waals surface area contributed by atoms with Crippen LogP contribution in [0.3, 0.4) is 0 Å². The van der Waals surface area contributed by atoms with Crippen LogP contribution in [-0.4, -0.2) is 40.7 Å². The molecule has 0 amide bonds. The number of rotatable bonds is 3. The zero-order valence-electron chi connectivity index (χ0n) is 11.0. The highest BCUT2D eigenvalue weighted by Gasteiger charge is 2.33. The SMILES string of the molecule is O=S1(=O)CCCC1Cc1ncc2n1C(CO)CCC2. The van der Waals surface area contributed by atoms with Crippen molar-refractivity contribution in [1.29, 1.82) is 0 Å². The van der Waals surface area contributed by atoms with Gasteiger partial charge in [0.05, 0.1) is 23.7 Å². The number of fused-ring (bicyclic) bond motifs is 1. The van der Waals surface area contributed by atoms with E-state index in [0.717, 1.165) is 43.6 Å². The first kappa shape index (κ1) is 13.1. The lowest BCUT2D eigenvalue weighted by atomic mass is 10.0. The summed E-state index contributed by atoms with van der Waals surface area (Å²) in [5.74, 6) is 1.15. The van der Waals surface area contributed by atoms with Crippen molar-refractivity contribution in [2.45, 2.75) is 49.8 Å². The van der Waals surface area contributed by atoms with Crippen molar-refractivity contribution < 1.29 is 13.5 Å². The third-order valence-corrected chi connectivity index (χ3v) is 6.65. The van der Waals surface area contributed by atoms with Gasteiger partial charge in [-0.25, -0.2) is 13.4 Å². The molecule has 1 fully saturated rings. The van der Waals surface area contributed by atoms with Crippen LogP contribution in [0.1, 0.15) is 43.2 Å². The van der Waals surface area contributed by atoms with Crippen LogP contribution in [0.4, 0.5) is 0 Å². The van der Waals surface area contributed by atoms with E-state index in [1.807, 2.05) is 6.20 Å². The summed E-state index contributed by atoms with van der Waals surface area (Å²) >= 11 is 0. The van der Waals surface area contributed by atoms with Gasteiger partial charge in [-0.15, -0.1) is 0 Å². The van der Waals surface area contributed by atoms with Gasteiger partial charge in [0.15, 0.2) is 9.84 Å². The van der Waals surface area contributed by atoms with Crippen LogP contribution in [0.15, 0.2) is 6.20 Å². The summed E-state index contributed by atoms with van der Waals surface area (Å²) < 4.78 is 25.9. The molecule has 0 bridgehead atoms. The Morgan fingerprint density at radius 1 is 1.37 bits per heavy atom. The van der Waals surface area contributed by atoms with Gasteiger partial charge in [-0.2, -0.15) is 0 Å². The summed E-state index contributed by atoms with van der Waals surface area (Å²) in [6, 6.07) is 0.0744. The maximum Gasteiger partial charge on any atom is 0.153 e. The molecule has 2 aliphatic rings. The zero-order chi connectivity index (χ0) is 13.5. The Kier molecular flexibility index (Phi) is 3.39. The fourth-order valence-electron chi connectivity index (χ4n) is 3.33. The molecule has 2 unspecified atom stereocenters. The highest BCUT2D eigenvalue weighted by atomic mass is 32.2. The Morgan fingerprint density at radius 2 is 2.21 bits per heavy atom. The quantitative estimate of drug-likeness (QED) is 0.894. The molecule has 5 nitrogen and oxygen atoms in total. The van der Waals surface area contributed by atoms with Gasteiger partial charge in [-0.3, -0.25) is 0 Å². The van der Waals surface area contributed by atoms with Gasteiger partial charge in [0, 0.05) is 18.3 Å². The lowest BCUT2D eigenvalue weighted by Gasteiger charge is -2.26. The number of aliphatic hydroxyl groups excluding tert-OH is 1. The standard InChI is InChI=1S/C13H20N2O3S/c16-9-11-4-1-3-10-8-14-13(15(10)11)7-12-5-2-6-19(12,17)18/h8,11-12,16H,1-7,9H2. The molecule has 2 aliphatic heterocycles. The normalized spacial score (nSPS) is 29.3. The second-order valence-electron chi connectivity index (χ2n) is 5.60. The number of hydrogen-bond acceptors (Lipinski definition) is 4. The molecule has 6 heteroatoms. The van der Waals surface area contributed by atoms with Crippen molar-refractivity contribution in [2.24, 2.45) is 0 Å². The van der Waals surface area contributed by atoms with E-state index in [0.29, 0.717) is 12.2 Å². The van der Waals surface area contributed by atoms with E-state index in [1.54, 1.807) is 0 Å². The first-order chi connectivity index (χ1) is 9.12. The third-order valence-electron chi connectivity index (χ3n) is 4.37. The largest absolute Gasteiger partial charge is 0.394 e. The molecule has 1 saturated heterocycles. The van der Waals surface area contributed by atoms with Gasteiger partial charge < -0.3 is 9.67 Å². The maximum absolute atomic E-state index is 11.9. The predicted octanol–water partition coefficient (Wildman–Crippen LogP) is 0.872. The Hall–Kier alpha value is -0.880. The fourth-order valence-corrected chi connectivity index (χ4v) is 5.16. The van der Waals surface area contributed by atoms with Gasteiger partial charge >= 0.3 is 0 Å². The molecule has 1 N–H and O–H groups in total. The van der Waals surface area contributed by atoms with E-state index in [1.165, 1.54) is 0 Å². The molecular weight excluding hydrogens is 264 g/mol. The van der Waals surface area contributed by atoms with Crippen molar-refractivity contribution in [3.8, 4) is 0 Å². The minimum atomic E-state index is -2.93. The first-order valence-corrected chi connectivity index (χ1v) is 8.71. The maximum atomic E-state index is 11.9. The summed E-state index contributed by atoms with van der Waals surface area (Å²) in [6.07, 6.45) is 6.85. The summed E-state index contributed by atoms with van der Waals surface area (Å²) in [7, 11) is -2.93. The molecule has 3 rings (SSSR count). The smallest absolute Gasteiger partial charge is 0.153 e. The van der Waals surface area contributed by atoms with Gasteiger partial charge in [-0.1, -0.05) is 0 Å². The van der Waals surface area contributed by atoms with Crippen molar-refractivity contribution >= 4 is 9.84 Å². The van der Waals surface area contributed by atoms with Crippen LogP contribution in [0.25, 0.3) is 0 Å². The fraction of sp³-hybridized carbons (Fsp3) is 0.769. The second-order valence-corrected chi connectivity index (χ2v) is 8.00.